The minimum absolute atomic E-state index is 0.431. The van der Waals surface area contributed by atoms with Gasteiger partial charge in [0.15, 0.2) is 0 Å². The molecule has 106 valence electrons. The lowest BCUT2D eigenvalue weighted by atomic mass is 10.1. The number of piperazine rings is 1. The predicted octanol–water partition coefficient (Wildman–Crippen LogP) is 1.38. The smallest absolute Gasteiger partial charge is 0.297 e. The molecule has 0 unspecified atom stereocenters. The number of nitrogens with zero attached hydrogens (tertiary/aromatic N) is 4. The Kier molecular flexibility index (Phi) is 4.61. The average molecular weight is 278 g/mol. The van der Waals surface area contributed by atoms with Crippen LogP contribution in [0.2, 0.25) is 0 Å². The van der Waals surface area contributed by atoms with Crippen molar-refractivity contribution in [1.82, 2.24) is 9.80 Å². The van der Waals surface area contributed by atoms with Crippen molar-refractivity contribution in [1.29, 1.82) is 5.26 Å². The summed E-state index contributed by atoms with van der Waals surface area (Å²) in [7, 11) is 0. The molecule has 1 saturated heterocycles. The van der Waals surface area contributed by atoms with Crippen LogP contribution in [-0.2, 0) is 6.54 Å². The lowest BCUT2D eigenvalue weighted by Crippen LogP contribution is -2.45. The van der Waals surface area contributed by atoms with E-state index in [2.05, 4.69) is 15.9 Å². The summed E-state index contributed by atoms with van der Waals surface area (Å²) in [4.78, 5) is 14.0. The fraction of sp³-hybridized carbons (Fsp3) is 0.462. The van der Waals surface area contributed by atoms with Crippen LogP contribution in [0.5, 0.6) is 0 Å². The van der Waals surface area contributed by atoms with E-state index in [1.54, 1.807) is 6.07 Å². The lowest BCUT2D eigenvalue weighted by Gasteiger charge is -2.33. The molecule has 0 spiro atoms. The highest BCUT2D eigenvalue weighted by Crippen LogP contribution is 2.19. The van der Waals surface area contributed by atoms with Crippen LogP contribution in [0.4, 0.5) is 10.1 Å². The van der Waals surface area contributed by atoms with Gasteiger partial charge >= 0.3 is 5.69 Å². The fourth-order valence-electron chi connectivity index (χ4n) is 2.26. The molecule has 20 heavy (non-hydrogen) atoms. The molecule has 0 radical (unpaired) electrons. The highest BCUT2D eigenvalue weighted by atomic mass is 19.1. The number of halogens is 1. The van der Waals surface area contributed by atoms with E-state index in [0.29, 0.717) is 13.1 Å². The van der Waals surface area contributed by atoms with Gasteiger partial charge in [-0.15, -0.1) is 0 Å². The van der Waals surface area contributed by atoms with E-state index in [4.69, 9.17) is 5.26 Å². The first-order valence-corrected chi connectivity index (χ1v) is 6.34. The predicted molar refractivity (Wildman–Crippen MR) is 70.4 cm³/mol. The van der Waals surface area contributed by atoms with Crippen LogP contribution in [0.25, 0.3) is 0 Å². The molecule has 1 aromatic carbocycles. The van der Waals surface area contributed by atoms with Crippen molar-refractivity contribution >= 4 is 5.69 Å². The van der Waals surface area contributed by atoms with Gasteiger partial charge in [-0.25, -0.2) is 0 Å². The fourth-order valence-corrected chi connectivity index (χ4v) is 2.26. The molecule has 1 heterocycles. The van der Waals surface area contributed by atoms with Crippen molar-refractivity contribution in [2.24, 2.45) is 0 Å². The molecule has 0 N–H and O–H groups in total. The van der Waals surface area contributed by atoms with Crippen LogP contribution >= 0.6 is 0 Å². The summed E-state index contributed by atoms with van der Waals surface area (Å²) in [5.41, 5.74) is 0.231. The van der Waals surface area contributed by atoms with Crippen LogP contribution in [0, 0.1) is 27.3 Å². The average Bonchev–Trinajstić information content (AvgIpc) is 2.41. The van der Waals surface area contributed by atoms with Gasteiger partial charge in [0.25, 0.3) is 0 Å². The Labute approximate surface area is 116 Å². The van der Waals surface area contributed by atoms with E-state index < -0.39 is 16.4 Å². The standard InChI is InChI=1S/C13H15FN4O2/c14-12-9-11(1-2-13(12)18(19)20)10-17-7-5-16(4-3-15)6-8-17/h1-2,9H,4-8,10H2. The number of benzene rings is 1. The summed E-state index contributed by atoms with van der Waals surface area (Å²) in [5, 5.41) is 19.2. The number of hydrogen-bond acceptors (Lipinski definition) is 5. The van der Waals surface area contributed by atoms with Crippen molar-refractivity contribution in [3.05, 3.63) is 39.7 Å². The third-order valence-corrected chi connectivity index (χ3v) is 3.37. The van der Waals surface area contributed by atoms with Gasteiger partial charge in [0, 0.05) is 38.8 Å². The maximum Gasteiger partial charge on any atom is 0.304 e. The van der Waals surface area contributed by atoms with E-state index >= 15 is 0 Å². The zero-order valence-corrected chi connectivity index (χ0v) is 11.0. The highest BCUT2D eigenvalue weighted by molar-refractivity contribution is 5.34. The molecule has 1 fully saturated rings. The van der Waals surface area contributed by atoms with Gasteiger partial charge in [-0.1, -0.05) is 6.07 Å². The summed E-state index contributed by atoms with van der Waals surface area (Å²) in [6.07, 6.45) is 0. The second-order valence-corrected chi connectivity index (χ2v) is 4.75. The topological polar surface area (TPSA) is 73.4 Å². The second-order valence-electron chi connectivity index (χ2n) is 4.75. The molecular weight excluding hydrogens is 263 g/mol. The largest absolute Gasteiger partial charge is 0.304 e. The van der Waals surface area contributed by atoms with Crippen molar-refractivity contribution in [2.45, 2.75) is 6.54 Å². The molecule has 0 aliphatic carbocycles. The molecule has 1 aliphatic rings. The third kappa shape index (κ3) is 3.50. The van der Waals surface area contributed by atoms with Crippen LogP contribution < -0.4 is 0 Å². The Bertz CT molecular complexity index is 536. The number of nitriles is 1. The summed E-state index contributed by atoms with van der Waals surface area (Å²) in [6, 6.07) is 6.13. The van der Waals surface area contributed by atoms with Crippen molar-refractivity contribution < 1.29 is 9.31 Å². The Morgan fingerprint density at radius 3 is 2.50 bits per heavy atom. The van der Waals surface area contributed by atoms with Crippen LogP contribution in [0.15, 0.2) is 18.2 Å². The molecule has 0 aromatic heterocycles. The van der Waals surface area contributed by atoms with Gasteiger partial charge in [-0.05, 0) is 11.6 Å². The van der Waals surface area contributed by atoms with Gasteiger partial charge < -0.3 is 0 Å². The molecule has 2 rings (SSSR count). The van der Waals surface area contributed by atoms with Gasteiger partial charge in [0.2, 0.25) is 5.82 Å². The van der Waals surface area contributed by atoms with E-state index in [9.17, 15) is 14.5 Å². The molecule has 0 saturated carbocycles. The maximum absolute atomic E-state index is 13.5. The first-order valence-electron chi connectivity index (χ1n) is 6.34. The van der Waals surface area contributed by atoms with E-state index in [0.717, 1.165) is 31.7 Å². The molecular formula is C13H15FN4O2. The van der Waals surface area contributed by atoms with Gasteiger partial charge in [-0.3, -0.25) is 19.9 Å². The van der Waals surface area contributed by atoms with Crippen LogP contribution in [0.1, 0.15) is 5.56 Å². The summed E-state index contributed by atoms with van der Waals surface area (Å²) in [5.74, 6) is -0.796. The Morgan fingerprint density at radius 2 is 1.95 bits per heavy atom. The van der Waals surface area contributed by atoms with Crippen LogP contribution in [0.3, 0.4) is 0 Å². The lowest BCUT2D eigenvalue weighted by molar-refractivity contribution is -0.387. The molecule has 0 atom stereocenters. The van der Waals surface area contributed by atoms with E-state index in [1.807, 2.05) is 0 Å². The first kappa shape index (κ1) is 14.4. The Hall–Kier alpha value is -2.04. The highest BCUT2D eigenvalue weighted by Gasteiger charge is 2.18. The minimum Gasteiger partial charge on any atom is -0.297 e. The summed E-state index contributed by atoms with van der Waals surface area (Å²) < 4.78 is 13.5. The van der Waals surface area contributed by atoms with Crippen molar-refractivity contribution in [3.8, 4) is 6.07 Å². The Balaban J connectivity index is 1.93. The van der Waals surface area contributed by atoms with Crippen LogP contribution in [-0.4, -0.2) is 47.4 Å². The molecule has 1 aliphatic heterocycles. The van der Waals surface area contributed by atoms with Gasteiger partial charge in [0.1, 0.15) is 0 Å². The zero-order chi connectivity index (χ0) is 14.5. The molecule has 1 aromatic rings. The van der Waals surface area contributed by atoms with Gasteiger partial charge in [0.05, 0.1) is 17.5 Å². The number of rotatable bonds is 4. The summed E-state index contributed by atoms with van der Waals surface area (Å²) >= 11 is 0. The normalized spacial score (nSPS) is 16.8. The molecule has 7 heteroatoms. The van der Waals surface area contributed by atoms with E-state index in [1.165, 1.54) is 12.1 Å². The summed E-state index contributed by atoms with van der Waals surface area (Å²) in [6.45, 7) is 4.22. The molecule has 0 bridgehead atoms. The molecule has 0 amide bonds. The molecule has 6 nitrogen and oxygen atoms in total. The SMILES string of the molecule is N#CCN1CCN(Cc2ccc([N+](=O)[O-])c(F)c2)CC1. The van der Waals surface area contributed by atoms with Crippen molar-refractivity contribution in [2.75, 3.05) is 32.7 Å². The Morgan fingerprint density at radius 1 is 1.30 bits per heavy atom. The number of hydrogen-bond donors (Lipinski definition) is 0. The third-order valence-electron chi connectivity index (χ3n) is 3.37. The quantitative estimate of drug-likeness (QED) is 0.472. The minimum atomic E-state index is -0.796. The van der Waals surface area contributed by atoms with Gasteiger partial charge in [-0.2, -0.15) is 9.65 Å². The number of nitro groups is 1. The zero-order valence-electron chi connectivity index (χ0n) is 11.0. The van der Waals surface area contributed by atoms with E-state index in [-0.39, 0.29) is 0 Å². The number of nitro benzene ring substituents is 1. The maximum atomic E-state index is 13.5. The second kappa shape index (κ2) is 6.41. The monoisotopic (exact) mass is 278 g/mol. The first-order chi connectivity index (χ1) is 9.60. The van der Waals surface area contributed by atoms with Crippen molar-refractivity contribution in [3.63, 3.8) is 0 Å².